The van der Waals surface area contributed by atoms with Gasteiger partial charge >= 0.3 is 0 Å². The summed E-state index contributed by atoms with van der Waals surface area (Å²) in [5.41, 5.74) is 2.94. The average molecular weight is 463 g/mol. The van der Waals surface area contributed by atoms with E-state index in [9.17, 15) is 4.79 Å². The Balaban J connectivity index is 1.43. The molecular weight excluding hydrogens is 444 g/mol. The van der Waals surface area contributed by atoms with Crippen molar-refractivity contribution in [3.05, 3.63) is 70.7 Å². The Hall–Kier alpha value is -3.50. The lowest BCUT2D eigenvalue weighted by Gasteiger charge is -2.06. The number of hydrogen-bond acceptors (Lipinski definition) is 8. The van der Waals surface area contributed by atoms with E-state index in [0.29, 0.717) is 28.6 Å². The van der Waals surface area contributed by atoms with Crippen molar-refractivity contribution in [3.8, 4) is 11.4 Å². The van der Waals surface area contributed by atoms with E-state index in [1.165, 1.54) is 23.1 Å². The van der Waals surface area contributed by atoms with Crippen molar-refractivity contribution in [2.24, 2.45) is 0 Å². The highest BCUT2D eigenvalue weighted by Gasteiger charge is 2.21. The standard InChI is InChI=1S/C22H18N6O2S2/c1-12-23-20(27-25-12)14-6-5-7-15(10-14)24-21(29)19-17(11-31-22-28-26-13(2)32-22)16-8-3-4-9-18(16)30-19/h3-10H,11H2,1-2H3,(H,24,29)(H,23,25,27). The zero-order valence-corrected chi connectivity index (χ0v) is 18.9. The number of furan rings is 1. The number of fused-ring (bicyclic) bond motifs is 1. The third-order valence-corrected chi connectivity index (χ3v) is 6.73. The molecular formula is C22H18N6O2S2. The number of hydrogen-bond donors (Lipinski definition) is 2. The predicted octanol–water partition coefficient (Wildman–Crippen LogP) is 5.23. The summed E-state index contributed by atoms with van der Waals surface area (Å²) in [6.07, 6.45) is 0. The van der Waals surface area contributed by atoms with Gasteiger partial charge in [0, 0.05) is 28.0 Å². The van der Waals surface area contributed by atoms with E-state index in [-0.39, 0.29) is 5.91 Å². The van der Waals surface area contributed by atoms with Crippen molar-refractivity contribution < 1.29 is 9.21 Å². The Morgan fingerprint density at radius 3 is 2.81 bits per heavy atom. The molecule has 0 spiro atoms. The fourth-order valence-electron chi connectivity index (χ4n) is 3.29. The molecule has 0 aliphatic heterocycles. The number of thioether (sulfide) groups is 1. The molecule has 8 nitrogen and oxygen atoms in total. The number of aromatic amines is 1. The van der Waals surface area contributed by atoms with Crippen LogP contribution in [0.2, 0.25) is 0 Å². The van der Waals surface area contributed by atoms with Crippen molar-refractivity contribution in [1.29, 1.82) is 0 Å². The van der Waals surface area contributed by atoms with Crippen LogP contribution >= 0.6 is 23.1 Å². The highest BCUT2D eigenvalue weighted by Crippen LogP contribution is 2.33. The van der Waals surface area contributed by atoms with E-state index >= 15 is 0 Å². The Morgan fingerprint density at radius 2 is 2.03 bits per heavy atom. The van der Waals surface area contributed by atoms with Gasteiger partial charge < -0.3 is 9.73 Å². The van der Waals surface area contributed by atoms with Crippen molar-refractivity contribution >= 4 is 45.7 Å². The van der Waals surface area contributed by atoms with Gasteiger partial charge in [0.25, 0.3) is 5.91 Å². The maximum Gasteiger partial charge on any atom is 0.291 e. The summed E-state index contributed by atoms with van der Waals surface area (Å²) in [4.78, 5) is 17.5. The van der Waals surface area contributed by atoms with Gasteiger partial charge in [-0.3, -0.25) is 9.89 Å². The topological polar surface area (TPSA) is 110 Å². The minimum atomic E-state index is -0.312. The highest BCUT2D eigenvalue weighted by atomic mass is 32.2. The van der Waals surface area contributed by atoms with Crippen LogP contribution in [0.5, 0.6) is 0 Å². The largest absolute Gasteiger partial charge is 0.451 e. The van der Waals surface area contributed by atoms with E-state index < -0.39 is 0 Å². The molecule has 0 fully saturated rings. The number of carbonyl (C=O) groups excluding carboxylic acids is 1. The Labute approximate surface area is 191 Å². The monoisotopic (exact) mass is 462 g/mol. The molecule has 0 radical (unpaired) electrons. The van der Waals surface area contributed by atoms with Gasteiger partial charge in [-0.05, 0) is 32.0 Å². The van der Waals surface area contributed by atoms with Crippen LogP contribution in [-0.4, -0.2) is 31.3 Å². The van der Waals surface area contributed by atoms with Gasteiger partial charge in [0.05, 0.1) is 0 Å². The van der Waals surface area contributed by atoms with Crippen LogP contribution in [0, 0.1) is 13.8 Å². The number of anilines is 1. The molecule has 5 aromatic rings. The van der Waals surface area contributed by atoms with Crippen LogP contribution < -0.4 is 5.32 Å². The molecule has 3 heterocycles. The molecule has 160 valence electrons. The SMILES string of the molecule is Cc1nc(-c2cccc(NC(=O)c3oc4ccccc4c3CSc3nnc(C)s3)c2)n[nH]1. The molecule has 0 unspecified atom stereocenters. The number of aryl methyl sites for hydroxylation is 2. The van der Waals surface area contributed by atoms with Gasteiger partial charge in [0.15, 0.2) is 15.9 Å². The molecule has 0 saturated heterocycles. The van der Waals surface area contributed by atoms with Crippen molar-refractivity contribution in [2.45, 2.75) is 23.9 Å². The van der Waals surface area contributed by atoms with E-state index in [1.54, 1.807) is 0 Å². The molecule has 0 aliphatic carbocycles. The second kappa shape index (κ2) is 8.56. The molecule has 10 heteroatoms. The Kier molecular flexibility index (Phi) is 5.46. The molecule has 0 atom stereocenters. The number of nitrogens with zero attached hydrogens (tertiary/aromatic N) is 4. The maximum absolute atomic E-state index is 13.2. The van der Waals surface area contributed by atoms with Crippen molar-refractivity contribution in [1.82, 2.24) is 25.4 Å². The molecule has 5 rings (SSSR count). The number of benzene rings is 2. The second-order valence-corrected chi connectivity index (χ2v) is 9.47. The van der Waals surface area contributed by atoms with E-state index in [4.69, 9.17) is 4.42 Å². The van der Waals surface area contributed by atoms with E-state index in [0.717, 1.165) is 31.7 Å². The summed E-state index contributed by atoms with van der Waals surface area (Å²) in [6.45, 7) is 3.76. The van der Waals surface area contributed by atoms with Crippen LogP contribution in [0.15, 0.2) is 57.3 Å². The molecule has 3 aromatic heterocycles. The van der Waals surface area contributed by atoms with E-state index in [1.807, 2.05) is 62.4 Å². The molecule has 2 aromatic carbocycles. The highest BCUT2D eigenvalue weighted by molar-refractivity contribution is 8.00. The minimum Gasteiger partial charge on any atom is -0.451 e. The lowest BCUT2D eigenvalue weighted by molar-refractivity contribution is 0.0998. The molecule has 0 saturated carbocycles. The summed E-state index contributed by atoms with van der Waals surface area (Å²) < 4.78 is 6.81. The molecule has 32 heavy (non-hydrogen) atoms. The maximum atomic E-state index is 13.2. The molecule has 0 bridgehead atoms. The number of carbonyl (C=O) groups is 1. The zero-order valence-electron chi connectivity index (χ0n) is 17.2. The summed E-state index contributed by atoms with van der Waals surface area (Å²) in [5, 5.41) is 20.0. The van der Waals surface area contributed by atoms with Crippen LogP contribution in [-0.2, 0) is 5.75 Å². The number of rotatable bonds is 6. The normalized spacial score (nSPS) is 11.2. The first-order chi connectivity index (χ1) is 15.6. The first kappa shape index (κ1) is 20.4. The third kappa shape index (κ3) is 4.14. The van der Waals surface area contributed by atoms with Gasteiger partial charge in [-0.1, -0.05) is 53.4 Å². The first-order valence-electron chi connectivity index (χ1n) is 9.81. The fraction of sp³-hybridized carbons (Fsp3) is 0.136. The Morgan fingerprint density at radius 1 is 1.16 bits per heavy atom. The number of para-hydroxylation sites is 1. The zero-order chi connectivity index (χ0) is 22.1. The molecule has 1 amide bonds. The second-order valence-electron chi connectivity index (χ2n) is 7.06. The smallest absolute Gasteiger partial charge is 0.291 e. The van der Waals surface area contributed by atoms with Crippen LogP contribution in [0.4, 0.5) is 5.69 Å². The van der Waals surface area contributed by atoms with Gasteiger partial charge in [-0.25, -0.2) is 4.98 Å². The minimum absolute atomic E-state index is 0.291. The number of amides is 1. The average Bonchev–Trinajstić information content (AvgIpc) is 3.51. The molecule has 2 N–H and O–H groups in total. The van der Waals surface area contributed by atoms with E-state index in [2.05, 4.69) is 30.7 Å². The quantitative estimate of drug-likeness (QED) is 0.332. The van der Waals surface area contributed by atoms with Crippen molar-refractivity contribution in [2.75, 3.05) is 5.32 Å². The lowest BCUT2D eigenvalue weighted by atomic mass is 10.1. The number of aromatic nitrogens is 5. The number of nitrogens with one attached hydrogen (secondary N) is 2. The van der Waals surface area contributed by atoms with Gasteiger partial charge in [-0.2, -0.15) is 5.10 Å². The summed E-state index contributed by atoms with van der Waals surface area (Å²) in [5.74, 6) is 1.83. The van der Waals surface area contributed by atoms with Gasteiger partial charge in [-0.15, -0.1) is 10.2 Å². The number of H-pyrrole nitrogens is 1. The summed E-state index contributed by atoms with van der Waals surface area (Å²) in [7, 11) is 0. The molecule has 0 aliphatic rings. The first-order valence-corrected chi connectivity index (χ1v) is 11.6. The fourth-order valence-corrected chi connectivity index (χ4v) is 5.14. The van der Waals surface area contributed by atoms with Gasteiger partial charge in [0.2, 0.25) is 0 Å². The third-order valence-electron chi connectivity index (χ3n) is 4.73. The van der Waals surface area contributed by atoms with Crippen LogP contribution in [0.3, 0.4) is 0 Å². The van der Waals surface area contributed by atoms with Crippen LogP contribution in [0.1, 0.15) is 27.0 Å². The van der Waals surface area contributed by atoms with Crippen LogP contribution in [0.25, 0.3) is 22.4 Å². The summed E-state index contributed by atoms with van der Waals surface area (Å²) in [6, 6.07) is 15.1. The lowest BCUT2D eigenvalue weighted by Crippen LogP contribution is -2.12. The predicted molar refractivity (Wildman–Crippen MR) is 125 cm³/mol. The summed E-state index contributed by atoms with van der Waals surface area (Å²) >= 11 is 3.07. The Bertz CT molecular complexity index is 1420. The van der Waals surface area contributed by atoms with Crippen molar-refractivity contribution in [3.63, 3.8) is 0 Å². The van der Waals surface area contributed by atoms with Gasteiger partial charge in [0.1, 0.15) is 16.4 Å².